The molecular weight excluding hydrogens is 222 g/mol. The number of nitrogens with zero attached hydrogens (tertiary/aromatic N) is 1. The topological polar surface area (TPSA) is 84.1 Å². The van der Waals surface area contributed by atoms with Crippen molar-refractivity contribution in [2.24, 2.45) is 0 Å². The molecule has 0 aromatic carbocycles. The number of hydrogen-bond donors (Lipinski definition) is 2. The lowest BCUT2D eigenvalue weighted by Gasteiger charge is -2.07. The van der Waals surface area contributed by atoms with Crippen LogP contribution in [0.15, 0.2) is 17.2 Å². The smallest absolute Gasteiger partial charge is 0.271 e. The van der Waals surface area contributed by atoms with Gasteiger partial charge in [-0.05, 0) is 20.3 Å². The third-order valence-electron chi connectivity index (χ3n) is 1.96. The minimum absolute atomic E-state index is 0.201. The molecule has 94 valence electrons. The van der Waals surface area contributed by atoms with Gasteiger partial charge < -0.3 is 15.0 Å². The molecule has 2 N–H and O–H groups in total. The van der Waals surface area contributed by atoms with Crippen LogP contribution < -0.4 is 10.9 Å². The van der Waals surface area contributed by atoms with Crippen LogP contribution in [0.1, 0.15) is 30.8 Å². The highest BCUT2D eigenvalue weighted by Crippen LogP contribution is 1.91. The van der Waals surface area contributed by atoms with Crippen molar-refractivity contribution in [2.75, 3.05) is 13.2 Å². The van der Waals surface area contributed by atoms with Crippen molar-refractivity contribution in [3.63, 3.8) is 0 Å². The van der Waals surface area contributed by atoms with E-state index >= 15 is 0 Å². The fourth-order valence-corrected chi connectivity index (χ4v) is 1.15. The maximum Gasteiger partial charge on any atom is 0.271 e. The number of hydrogen-bond acceptors (Lipinski definition) is 4. The van der Waals surface area contributed by atoms with Gasteiger partial charge in [-0.15, -0.1) is 0 Å². The predicted octanol–water partition coefficient (Wildman–Crippen LogP) is 0.315. The van der Waals surface area contributed by atoms with Gasteiger partial charge in [-0.25, -0.2) is 4.98 Å². The van der Waals surface area contributed by atoms with Crippen LogP contribution in [0.2, 0.25) is 0 Å². The zero-order valence-corrected chi connectivity index (χ0v) is 10.0. The zero-order valence-electron chi connectivity index (χ0n) is 10.0. The highest BCUT2D eigenvalue weighted by Gasteiger charge is 2.05. The number of carbonyl (C=O) groups excluding carboxylic acids is 1. The Morgan fingerprint density at radius 1 is 1.59 bits per heavy atom. The van der Waals surface area contributed by atoms with Gasteiger partial charge >= 0.3 is 0 Å². The van der Waals surface area contributed by atoms with Crippen LogP contribution in [0.5, 0.6) is 0 Å². The van der Waals surface area contributed by atoms with Crippen LogP contribution in [0.25, 0.3) is 0 Å². The molecule has 0 aliphatic heterocycles. The van der Waals surface area contributed by atoms with Gasteiger partial charge in [0, 0.05) is 19.3 Å². The van der Waals surface area contributed by atoms with Crippen molar-refractivity contribution in [1.29, 1.82) is 0 Å². The standard InChI is InChI=1S/C11H17N3O3/c1-8(2)17-5-3-4-12-11(16)9-6-14-10(15)7-13-9/h6-8H,3-5H2,1-2H3,(H,12,16)(H,14,15). The molecule has 1 rings (SSSR count). The minimum atomic E-state index is -0.327. The maximum absolute atomic E-state index is 11.5. The largest absolute Gasteiger partial charge is 0.379 e. The van der Waals surface area contributed by atoms with E-state index in [-0.39, 0.29) is 23.3 Å². The van der Waals surface area contributed by atoms with E-state index in [1.54, 1.807) is 0 Å². The molecule has 6 heteroatoms. The lowest BCUT2D eigenvalue weighted by molar-refractivity contribution is 0.0756. The lowest BCUT2D eigenvalue weighted by Crippen LogP contribution is -2.27. The molecule has 0 saturated carbocycles. The molecule has 17 heavy (non-hydrogen) atoms. The van der Waals surface area contributed by atoms with Crippen LogP contribution in [0.3, 0.4) is 0 Å². The summed E-state index contributed by atoms with van der Waals surface area (Å²) >= 11 is 0. The van der Waals surface area contributed by atoms with Crippen molar-refractivity contribution in [1.82, 2.24) is 15.3 Å². The monoisotopic (exact) mass is 239 g/mol. The number of ether oxygens (including phenoxy) is 1. The second-order valence-corrected chi connectivity index (χ2v) is 3.83. The van der Waals surface area contributed by atoms with Gasteiger partial charge in [-0.3, -0.25) is 9.59 Å². The summed E-state index contributed by atoms with van der Waals surface area (Å²) in [5.74, 6) is -0.300. The third kappa shape index (κ3) is 5.26. The minimum Gasteiger partial charge on any atom is -0.379 e. The van der Waals surface area contributed by atoms with Crippen molar-refractivity contribution in [3.8, 4) is 0 Å². The molecule has 0 unspecified atom stereocenters. The van der Waals surface area contributed by atoms with Gasteiger partial charge in [-0.2, -0.15) is 0 Å². The first kappa shape index (κ1) is 13.4. The molecule has 0 atom stereocenters. The van der Waals surface area contributed by atoms with Crippen molar-refractivity contribution >= 4 is 5.91 Å². The second-order valence-electron chi connectivity index (χ2n) is 3.83. The normalized spacial score (nSPS) is 10.5. The Morgan fingerprint density at radius 2 is 2.35 bits per heavy atom. The first-order valence-electron chi connectivity index (χ1n) is 5.54. The molecule has 6 nitrogen and oxygen atoms in total. The summed E-state index contributed by atoms with van der Waals surface area (Å²) in [7, 11) is 0. The molecule has 1 aromatic rings. The highest BCUT2D eigenvalue weighted by molar-refractivity contribution is 5.91. The van der Waals surface area contributed by atoms with Crippen LogP contribution in [0, 0.1) is 0 Å². The average Bonchev–Trinajstić information content (AvgIpc) is 2.29. The number of aromatic amines is 1. The molecule has 0 radical (unpaired) electrons. The number of nitrogens with one attached hydrogen (secondary N) is 2. The van der Waals surface area contributed by atoms with Gasteiger partial charge in [0.2, 0.25) is 0 Å². The van der Waals surface area contributed by atoms with Crippen LogP contribution >= 0.6 is 0 Å². The lowest BCUT2D eigenvalue weighted by atomic mass is 10.4. The third-order valence-corrected chi connectivity index (χ3v) is 1.96. The van der Waals surface area contributed by atoms with Gasteiger partial charge in [0.05, 0.1) is 12.3 Å². The van der Waals surface area contributed by atoms with E-state index in [0.717, 1.165) is 12.6 Å². The number of amides is 1. The Kier molecular flexibility index (Phi) is 5.35. The SMILES string of the molecule is CC(C)OCCCNC(=O)c1c[nH]c(=O)cn1. The first-order chi connectivity index (χ1) is 8.09. The van der Waals surface area contributed by atoms with E-state index in [2.05, 4.69) is 15.3 Å². The summed E-state index contributed by atoms with van der Waals surface area (Å²) in [4.78, 5) is 28.4. The molecule has 0 aliphatic carbocycles. The molecule has 0 aliphatic rings. The Hall–Kier alpha value is -1.69. The molecular formula is C11H17N3O3. The van der Waals surface area contributed by atoms with E-state index in [4.69, 9.17) is 4.74 Å². The summed E-state index contributed by atoms with van der Waals surface area (Å²) < 4.78 is 5.33. The van der Waals surface area contributed by atoms with E-state index in [9.17, 15) is 9.59 Å². The average molecular weight is 239 g/mol. The van der Waals surface area contributed by atoms with E-state index in [0.29, 0.717) is 13.2 Å². The van der Waals surface area contributed by atoms with E-state index in [1.165, 1.54) is 6.20 Å². The summed E-state index contributed by atoms with van der Waals surface area (Å²) in [5.41, 5.74) is -0.124. The zero-order chi connectivity index (χ0) is 12.7. The van der Waals surface area contributed by atoms with Gasteiger partial charge in [0.15, 0.2) is 0 Å². The summed E-state index contributed by atoms with van der Waals surface area (Å²) in [6.45, 7) is 5.05. The summed E-state index contributed by atoms with van der Waals surface area (Å²) in [5, 5.41) is 2.69. The molecule has 0 saturated heterocycles. The molecule has 1 heterocycles. The number of rotatable bonds is 6. The van der Waals surface area contributed by atoms with Gasteiger partial charge in [0.1, 0.15) is 5.69 Å². The fourth-order valence-electron chi connectivity index (χ4n) is 1.15. The number of carbonyl (C=O) groups is 1. The van der Waals surface area contributed by atoms with Gasteiger partial charge in [-0.1, -0.05) is 0 Å². The Balaban J connectivity index is 2.26. The van der Waals surface area contributed by atoms with E-state index < -0.39 is 0 Å². The second kappa shape index (κ2) is 6.80. The van der Waals surface area contributed by atoms with Crippen LogP contribution in [-0.2, 0) is 4.74 Å². The maximum atomic E-state index is 11.5. The molecule has 0 bridgehead atoms. The summed E-state index contributed by atoms with van der Waals surface area (Å²) in [6, 6.07) is 0. The number of H-pyrrole nitrogens is 1. The number of aromatic nitrogens is 2. The summed E-state index contributed by atoms with van der Waals surface area (Å²) in [6.07, 6.45) is 3.32. The Labute approximate surface area is 99.4 Å². The Morgan fingerprint density at radius 3 is 2.94 bits per heavy atom. The Bertz CT molecular complexity index is 394. The van der Waals surface area contributed by atoms with Crippen LogP contribution in [0.4, 0.5) is 0 Å². The molecule has 0 fully saturated rings. The van der Waals surface area contributed by atoms with E-state index in [1.807, 2.05) is 13.8 Å². The van der Waals surface area contributed by atoms with Crippen molar-refractivity contribution in [3.05, 3.63) is 28.4 Å². The fraction of sp³-hybridized carbons (Fsp3) is 0.545. The van der Waals surface area contributed by atoms with Gasteiger partial charge in [0.25, 0.3) is 11.5 Å². The molecule has 0 spiro atoms. The van der Waals surface area contributed by atoms with Crippen molar-refractivity contribution in [2.45, 2.75) is 26.4 Å². The first-order valence-corrected chi connectivity index (χ1v) is 5.54. The predicted molar refractivity (Wildman–Crippen MR) is 62.9 cm³/mol. The highest BCUT2D eigenvalue weighted by atomic mass is 16.5. The van der Waals surface area contributed by atoms with Crippen molar-refractivity contribution < 1.29 is 9.53 Å². The molecule has 1 amide bonds. The van der Waals surface area contributed by atoms with Crippen LogP contribution in [-0.4, -0.2) is 35.1 Å². The molecule has 1 aromatic heterocycles. The quantitative estimate of drug-likeness (QED) is 0.700.